The summed E-state index contributed by atoms with van der Waals surface area (Å²) in [6.07, 6.45) is 10.1. The van der Waals surface area contributed by atoms with E-state index in [0.29, 0.717) is 0 Å². The highest BCUT2D eigenvalue weighted by Crippen LogP contribution is 2.28. The van der Waals surface area contributed by atoms with Gasteiger partial charge >= 0.3 is 0 Å². The molecule has 0 aromatic carbocycles. The molecule has 0 aromatic rings. The van der Waals surface area contributed by atoms with Crippen LogP contribution in [-0.4, -0.2) is 44.4 Å². The molecule has 0 aliphatic carbocycles. The lowest BCUT2D eigenvalue weighted by molar-refractivity contribution is -0.177. The highest BCUT2D eigenvalue weighted by Gasteiger charge is 2.44. The maximum Gasteiger partial charge on any atom is 0.186 e. The number of hydrogen-bond acceptors (Lipinski definition) is 4. The first-order valence-corrected chi connectivity index (χ1v) is 10.2. The van der Waals surface area contributed by atoms with E-state index in [0.717, 1.165) is 39.1 Å². The smallest absolute Gasteiger partial charge is 0.186 e. The molecule has 1 saturated heterocycles. The SMILES string of the molecule is CCCCCO[C@@H]1O[C@H](C)[C@@H](OCCCCC)[C@H]1OCCCCC. The van der Waals surface area contributed by atoms with Gasteiger partial charge in [0.15, 0.2) is 6.29 Å². The third-order valence-corrected chi connectivity index (χ3v) is 4.55. The first kappa shape index (κ1) is 21.9. The van der Waals surface area contributed by atoms with E-state index in [1.165, 1.54) is 38.5 Å². The van der Waals surface area contributed by atoms with Crippen LogP contribution in [0.2, 0.25) is 0 Å². The predicted octanol–water partition coefficient (Wildman–Crippen LogP) is 5.09. The van der Waals surface area contributed by atoms with Crippen molar-refractivity contribution in [3.63, 3.8) is 0 Å². The average molecular weight is 345 g/mol. The van der Waals surface area contributed by atoms with E-state index >= 15 is 0 Å². The summed E-state index contributed by atoms with van der Waals surface area (Å²) in [6, 6.07) is 0. The van der Waals surface area contributed by atoms with E-state index in [-0.39, 0.29) is 24.6 Å². The first-order chi connectivity index (χ1) is 11.7. The second-order valence-electron chi connectivity index (χ2n) is 6.87. The van der Waals surface area contributed by atoms with Crippen LogP contribution in [0.5, 0.6) is 0 Å². The van der Waals surface area contributed by atoms with Crippen molar-refractivity contribution >= 4 is 0 Å². The van der Waals surface area contributed by atoms with Crippen LogP contribution in [0.1, 0.15) is 85.5 Å². The molecule has 4 nitrogen and oxygen atoms in total. The van der Waals surface area contributed by atoms with Gasteiger partial charge in [-0.2, -0.15) is 0 Å². The Balaban J connectivity index is 2.47. The van der Waals surface area contributed by atoms with Crippen molar-refractivity contribution in [3.05, 3.63) is 0 Å². The fraction of sp³-hybridized carbons (Fsp3) is 1.00. The van der Waals surface area contributed by atoms with Gasteiger partial charge in [0.1, 0.15) is 12.2 Å². The molecule has 4 atom stereocenters. The molecule has 0 radical (unpaired) electrons. The van der Waals surface area contributed by atoms with Crippen molar-refractivity contribution in [2.75, 3.05) is 19.8 Å². The highest BCUT2D eigenvalue weighted by atomic mass is 16.7. The fourth-order valence-corrected chi connectivity index (χ4v) is 3.02. The molecule has 0 bridgehead atoms. The van der Waals surface area contributed by atoms with Crippen molar-refractivity contribution in [2.24, 2.45) is 0 Å². The third-order valence-electron chi connectivity index (χ3n) is 4.55. The third kappa shape index (κ3) is 8.28. The molecule has 1 aliphatic heterocycles. The average Bonchev–Trinajstić information content (AvgIpc) is 2.87. The monoisotopic (exact) mass is 344 g/mol. The van der Waals surface area contributed by atoms with Crippen molar-refractivity contribution < 1.29 is 18.9 Å². The lowest BCUT2D eigenvalue weighted by atomic mass is 10.1. The van der Waals surface area contributed by atoms with Crippen LogP contribution >= 0.6 is 0 Å². The molecule has 1 heterocycles. The molecule has 0 unspecified atom stereocenters. The van der Waals surface area contributed by atoms with Crippen molar-refractivity contribution in [1.29, 1.82) is 0 Å². The van der Waals surface area contributed by atoms with Crippen LogP contribution in [0.4, 0.5) is 0 Å². The lowest BCUT2D eigenvalue weighted by Gasteiger charge is -2.24. The predicted molar refractivity (Wildman–Crippen MR) is 98.3 cm³/mol. The Kier molecular flexibility index (Phi) is 12.8. The topological polar surface area (TPSA) is 36.9 Å². The normalized spacial score (nSPS) is 27.0. The van der Waals surface area contributed by atoms with Gasteiger partial charge < -0.3 is 18.9 Å². The Bertz CT molecular complexity index is 285. The summed E-state index contributed by atoms with van der Waals surface area (Å²) in [4.78, 5) is 0. The van der Waals surface area contributed by atoms with E-state index in [2.05, 4.69) is 27.7 Å². The molecular weight excluding hydrogens is 304 g/mol. The second-order valence-corrected chi connectivity index (χ2v) is 6.87. The van der Waals surface area contributed by atoms with Gasteiger partial charge in [-0.15, -0.1) is 0 Å². The molecule has 4 heteroatoms. The van der Waals surface area contributed by atoms with E-state index in [1.807, 2.05) is 0 Å². The van der Waals surface area contributed by atoms with Gasteiger partial charge in [-0.3, -0.25) is 0 Å². The Labute approximate surface area is 149 Å². The van der Waals surface area contributed by atoms with Gasteiger partial charge in [0.05, 0.1) is 6.10 Å². The molecule has 24 heavy (non-hydrogen) atoms. The molecule has 0 spiro atoms. The van der Waals surface area contributed by atoms with Gasteiger partial charge in [-0.05, 0) is 26.2 Å². The zero-order valence-corrected chi connectivity index (χ0v) is 16.4. The van der Waals surface area contributed by atoms with Crippen LogP contribution in [0.3, 0.4) is 0 Å². The van der Waals surface area contributed by atoms with Crippen LogP contribution in [0.25, 0.3) is 0 Å². The lowest BCUT2D eigenvalue weighted by Crippen LogP contribution is -2.38. The molecule has 1 rings (SSSR count). The zero-order valence-electron chi connectivity index (χ0n) is 16.4. The van der Waals surface area contributed by atoms with Crippen LogP contribution < -0.4 is 0 Å². The Morgan fingerprint density at radius 3 is 1.58 bits per heavy atom. The van der Waals surface area contributed by atoms with Crippen LogP contribution in [0, 0.1) is 0 Å². The van der Waals surface area contributed by atoms with Gasteiger partial charge in [-0.25, -0.2) is 0 Å². The van der Waals surface area contributed by atoms with Crippen LogP contribution in [0.15, 0.2) is 0 Å². The van der Waals surface area contributed by atoms with Crippen LogP contribution in [-0.2, 0) is 18.9 Å². The molecule has 1 aliphatic rings. The standard InChI is InChI=1S/C20H40O4/c1-5-8-11-14-21-18-17(4)24-20(23-16-13-10-7-3)19(18)22-15-12-9-6-2/h17-20H,5-16H2,1-4H3/t17-,18-,19-,20-/m1/s1. The summed E-state index contributed by atoms with van der Waals surface area (Å²) < 4.78 is 24.2. The molecule has 0 aromatic heterocycles. The number of hydrogen-bond donors (Lipinski definition) is 0. The molecular formula is C20H40O4. The number of ether oxygens (including phenoxy) is 4. The van der Waals surface area contributed by atoms with Crippen molar-refractivity contribution in [3.8, 4) is 0 Å². The summed E-state index contributed by atoms with van der Waals surface area (Å²) >= 11 is 0. The first-order valence-electron chi connectivity index (χ1n) is 10.2. The minimum atomic E-state index is -0.283. The van der Waals surface area contributed by atoms with E-state index in [4.69, 9.17) is 18.9 Å². The number of unbranched alkanes of at least 4 members (excludes halogenated alkanes) is 6. The summed E-state index contributed by atoms with van der Waals surface area (Å²) in [5.74, 6) is 0. The maximum absolute atomic E-state index is 6.14. The Morgan fingerprint density at radius 2 is 1.08 bits per heavy atom. The van der Waals surface area contributed by atoms with Crippen molar-refractivity contribution in [2.45, 2.75) is 110 Å². The molecule has 0 amide bonds. The fourth-order valence-electron chi connectivity index (χ4n) is 3.02. The van der Waals surface area contributed by atoms with E-state index in [1.54, 1.807) is 0 Å². The van der Waals surface area contributed by atoms with Gasteiger partial charge in [0, 0.05) is 19.8 Å². The van der Waals surface area contributed by atoms with E-state index in [9.17, 15) is 0 Å². The van der Waals surface area contributed by atoms with E-state index < -0.39 is 0 Å². The molecule has 1 fully saturated rings. The molecule has 0 N–H and O–H groups in total. The quantitative estimate of drug-likeness (QED) is 0.388. The summed E-state index contributed by atoms with van der Waals surface area (Å²) in [7, 11) is 0. The summed E-state index contributed by atoms with van der Waals surface area (Å²) in [5, 5.41) is 0. The Hall–Kier alpha value is -0.160. The highest BCUT2D eigenvalue weighted by molar-refractivity contribution is 4.87. The second kappa shape index (κ2) is 14.1. The van der Waals surface area contributed by atoms with Crippen molar-refractivity contribution in [1.82, 2.24) is 0 Å². The Morgan fingerprint density at radius 1 is 0.625 bits per heavy atom. The van der Waals surface area contributed by atoms with Gasteiger partial charge in [-0.1, -0.05) is 59.3 Å². The maximum atomic E-state index is 6.14. The number of rotatable bonds is 15. The van der Waals surface area contributed by atoms with Gasteiger partial charge in [0.25, 0.3) is 0 Å². The summed E-state index contributed by atoms with van der Waals surface area (Å²) in [6.45, 7) is 11.0. The zero-order chi connectivity index (χ0) is 17.6. The minimum absolute atomic E-state index is 0.0142. The summed E-state index contributed by atoms with van der Waals surface area (Å²) in [5.41, 5.74) is 0. The minimum Gasteiger partial charge on any atom is -0.373 e. The van der Waals surface area contributed by atoms with Gasteiger partial charge in [0.2, 0.25) is 0 Å². The largest absolute Gasteiger partial charge is 0.373 e. The molecule has 144 valence electrons. The molecule has 0 saturated carbocycles.